The van der Waals surface area contributed by atoms with E-state index in [0.717, 1.165) is 11.3 Å². The molecule has 0 bridgehead atoms. The summed E-state index contributed by atoms with van der Waals surface area (Å²) in [6.45, 7) is 2.80. The fraction of sp³-hybridized carbons (Fsp3) is 0.300. The van der Waals surface area contributed by atoms with Gasteiger partial charge in [0.15, 0.2) is 0 Å². The first-order valence-electron chi connectivity index (χ1n) is 9.06. The Kier molecular flexibility index (Phi) is 6.71. The molecule has 8 heteroatoms. The number of rotatable bonds is 5. The van der Waals surface area contributed by atoms with Crippen LogP contribution in [0.2, 0.25) is 5.02 Å². The molecular formula is C20H22ClFN4O2. The quantitative estimate of drug-likeness (QED) is 0.805. The summed E-state index contributed by atoms with van der Waals surface area (Å²) in [7, 11) is 0. The van der Waals surface area contributed by atoms with Gasteiger partial charge < -0.3 is 20.4 Å². The molecule has 0 saturated carbocycles. The Morgan fingerprint density at radius 3 is 2.39 bits per heavy atom. The summed E-state index contributed by atoms with van der Waals surface area (Å²) in [5.74, 6) is -0.447. The average molecular weight is 405 g/mol. The number of amides is 3. The van der Waals surface area contributed by atoms with Crippen LogP contribution >= 0.6 is 11.6 Å². The van der Waals surface area contributed by atoms with Crippen molar-refractivity contribution < 1.29 is 14.0 Å². The van der Waals surface area contributed by atoms with Crippen molar-refractivity contribution in [2.24, 2.45) is 0 Å². The van der Waals surface area contributed by atoms with Crippen LogP contribution < -0.4 is 15.5 Å². The van der Waals surface area contributed by atoms with E-state index >= 15 is 0 Å². The van der Waals surface area contributed by atoms with Crippen molar-refractivity contribution in [3.8, 4) is 0 Å². The number of nitrogens with one attached hydrogen (secondary N) is 2. The maximum absolute atomic E-state index is 12.9. The summed E-state index contributed by atoms with van der Waals surface area (Å²) in [5, 5.41) is 5.90. The van der Waals surface area contributed by atoms with Gasteiger partial charge >= 0.3 is 6.03 Å². The Hall–Kier alpha value is -2.80. The van der Waals surface area contributed by atoms with Gasteiger partial charge in [-0.15, -0.1) is 0 Å². The molecule has 3 rings (SSSR count). The maximum atomic E-state index is 12.9. The molecule has 0 aromatic heterocycles. The van der Waals surface area contributed by atoms with Crippen molar-refractivity contribution in [2.75, 3.05) is 37.6 Å². The molecule has 148 valence electrons. The van der Waals surface area contributed by atoms with Crippen LogP contribution in [0.15, 0.2) is 48.5 Å². The number of nitrogens with zero attached hydrogens (tertiary/aromatic N) is 2. The smallest absolute Gasteiger partial charge is 0.315 e. The predicted octanol–water partition coefficient (Wildman–Crippen LogP) is 2.63. The molecule has 1 aliphatic rings. The number of halogens is 2. The number of carbonyl (C=O) groups excluding carboxylic acids is 2. The van der Waals surface area contributed by atoms with Gasteiger partial charge in [-0.1, -0.05) is 29.8 Å². The molecule has 1 saturated heterocycles. The zero-order valence-corrected chi connectivity index (χ0v) is 16.1. The van der Waals surface area contributed by atoms with Gasteiger partial charge in [-0.3, -0.25) is 4.79 Å². The molecule has 1 aliphatic heterocycles. The molecule has 2 N–H and O–H groups in total. The predicted molar refractivity (Wildman–Crippen MR) is 107 cm³/mol. The summed E-state index contributed by atoms with van der Waals surface area (Å²) in [6, 6.07) is 13.1. The first-order chi connectivity index (χ1) is 13.5. The lowest BCUT2D eigenvalue weighted by molar-refractivity contribution is -0.130. The largest absolute Gasteiger partial charge is 0.368 e. The van der Waals surface area contributed by atoms with E-state index in [1.807, 2.05) is 24.3 Å². The van der Waals surface area contributed by atoms with E-state index in [0.29, 0.717) is 31.2 Å². The third-order valence-electron chi connectivity index (χ3n) is 4.57. The number of carbonyl (C=O) groups is 2. The summed E-state index contributed by atoms with van der Waals surface area (Å²) >= 11 is 6.03. The molecule has 1 fully saturated rings. The van der Waals surface area contributed by atoms with Gasteiger partial charge in [0, 0.05) is 43.4 Å². The average Bonchev–Trinajstić information content (AvgIpc) is 2.71. The van der Waals surface area contributed by atoms with Gasteiger partial charge in [0.1, 0.15) is 5.82 Å². The van der Waals surface area contributed by atoms with Gasteiger partial charge in [0.2, 0.25) is 5.91 Å². The molecule has 6 nitrogen and oxygen atoms in total. The first kappa shape index (κ1) is 19.9. The van der Waals surface area contributed by atoms with E-state index in [4.69, 9.17) is 11.6 Å². The number of piperazine rings is 1. The Balaban J connectivity index is 1.38. The van der Waals surface area contributed by atoms with Gasteiger partial charge in [0.05, 0.1) is 6.54 Å². The van der Waals surface area contributed by atoms with Crippen LogP contribution in [0.5, 0.6) is 0 Å². The van der Waals surface area contributed by atoms with Crippen LogP contribution in [0, 0.1) is 5.82 Å². The summed E-state index contributed by atoms with van der Waals surface area (Å²) in [4.78, 5) is 28.1. The van der Waals surface area contributed by atoms with Crippen LogP contribution in [-0.4, -0.2) is 49.6 Å². The third kappa shape index (κ3) is 5.60. The molecule has 0 unspecified atom stereocenters. The van der Waals surface area contributed by atoms with Crippen molar-refractivity contribution in [3.05, 3.63) is 64.9 Å². The molecule has 2 aromatic rings. The molecule has 0 aliphatic carbocycles. The number of hydrogen-bond donors (Lipinski definition) is 2. The number of benzene rings is 2. The molecule has 0 atom stereocenters. The lowest BCUT2D eigenvalue weighted by Crippen LogP contribution is -2.52. The number of hydrogen-bond acceptors (Lipinski definition) is 3. The number of urea groups is 1. The molecule has 3 amide bonds. The second-order valence-corrected chi connectivity index (χ2v) is 6.95. The molecule has 28 heavy (non-hydrogen) atoms. The van der Waals surface area contributed by atoms with Gasteiger partial charge in [-0.2, -0.15) is 0 Å². The van der Waals surface area contributed by atoms with Crippen LogP contribution in [0.3, 0.4) is 0 Å². The first-order valence-corrected chi connectivity index (χ1v) is 9.43. The normalized spacial score (nSPS) is 13.9. The number of anilines is 1. The van der Waals surface area contributed by atoms with Crippen molar-refractivity contribution in [1.29, 1.82) is 0 Å². The highest BCUT2D eigenvalue weighted by Crippen LogP contribution is 2.20. The Labute approximate surface area is 168 Å². The second kappa shape index (κ2) is 9.41. The highest BCUT2D eigenvalue weighted by molar-refractivity contribution is 6.30. The zero-order chi connectivity index (χ0) is 19.9. The Morgan fingerprint density at radius 1 is 1.00 bits per heavy atom. The van der Waals surface area contributed by atoms with E-state index in [-0.39, 0.29) is 24.8 Å². The zero-order valence-electron chi connectivity index (χ0n) is 15.3. The van der Waals surface area contributed by atoms with Gasteiger partial charge in [-0.05, 0) is 35.9 Å². The lowest BCUT2D eigenvalue weighted by atomic mass is 10.2. The van der Waals surface area contributed by atoms with E-state index in [1.165, 1.54) is 12.1 Å². The highest BCUT2D eigenvalue weighted by atomic mass is 35.5. The monoisotopic (exact) mass is 404 g/mol. The standard InChI is InChI=1S/C20H22ClFN4O2/c21-16-2-1-3-18(12-16)25-8-10-26(11-9-25)19(27)14-24-20(28)23-13-15-4-6-17(22)7-5-15/h1-7,12H,8-11,13-14H2,(H2,23,24,28). The van der Waals surface area contributed by atoms with E-state index < -0.39 is 6.03 Å². The fourth-order valence-electron chi connectivity index (χ4n) is 3.00. The van der Waals surface area contributed by atoms with Gasteiger partial charge in [-0.25, -0.2) is 9.18 Å². The minimum atomic E-state index is -0.435. The summed E-state index contributed by atoms with van der Waals surface area (Å²) in [5.41, 5.74) is 1.82. The topological polar surface area (TPSA) is 64.7 Å². The highest BCUT2D eigenvalue weighted by Gasteiger charge is 2.21. The maximum Gasteiger partial charge on any atom is 0.315 e. The third-order valence-corrected chi connectivity index (χ3v) is 4.81. The van der Waals surface area contributed by atoms with Crippen molar-refractivity contribution in [1.82, 2.24) is 15.5 Å². The fourth-order valence-corrected chi connectivity index (χ4v) is 3.19. The summed E-state index contributed by atoms with van der Waals surface area (Å²) in [6.07, 6.45) is 0. The van der Waals surface area contributed by atoms with E-state index in [9.17, 15) is 14.0 Å². The van der Waals surface area contributed by atoms with Crippen LogP contribution in [0.25, 0.3) is 0 Å². The van der Waals surface area contributed by atoms with Crippen LogP contribution in [0.4, 0.5) is 14.9 Å². The second-order valence-electron chi connectivity index (χ2n) is 6.51. The van der Waals surface area contributed by atoms with Crippen molar-refractivity contribution in [2.45, 2.75) is 6.54 Å². The minimum Gasteiger partial charge on any atom is -0.368 e. The van der Waals surface area contributed by atoms with E-state index in [1.54, 1.807) is 17.0 Å². The molecule has 2 aromatic carbocycles. The van der Waals surface area contributed by atoms with Crippen LogP contribution in [0.1, 0.15) is 5.56 Å². The molecule has 0 radical (unpaired) electrons. The van der Waals surface area contributed by atoms with Crippen molar-refractivity contribution in [3.63, 3.8) is 0 Å². The molecule has 1 heterocycles. The Bertz CT molecular complexity index is 823. The van der Waals surface area contributed by atoms with E-state index in [2.05, 4.69) is 15.5 Å². The Morgan fingerprint density at radius 2 is 1.71 bits per heavy atom. The SMILES string of the molecule is O=C(NCC(=O)N1CCN(c2cccc(Cl)c2)CC1)NCc1ccc(F)cc1. The lowest BCUT2D eigenvalue weighted by Gasteiger charge is -2.36. The van der Waals surface area contributed by atoms with Crippen LogP contribution in [-0.2, 0) is 11.3 Å². The van der Waals surface area contributed by atoms with Crippen molar-refractivity contribution >= 4 is 29.2 Å². The minimum absolute atomic E-state index is 0.0631. The van der Waals surface area contributed by atoms with Gasteiger partial charge in [0.25, 0.3) is 0 Å². The molecule has 0 spiro atoms. The summed E-state index contributed by atoms with van der Waals surface area (Å²) < 4.78 is 12.9. The molecular weight excluding hydrogens is 383 g/mol.